The molecule has 0 aromatic heterocycles. The Balaban J connectivity index is 1.74. The van der Waals surface area contributed by atoms with E-state index in [2.05, 4.69) is 5.32 Å². The van der Waals surface area contributed by atoms with Gasteiger partial charge in [0.05, 0.1) is 12.0 Å². The molecule has 2 unspecified atom stereocenters. The van der Waals surface area contributed by atoms with Crippen LogP contribution in [-0.2, 0) is 4.79 Å². The van der Waals surface area contributed by atoms with E-state index < -0.39 is 5.97 Å². The highest BCUT2D eigenvalue weighted by Gasteiger charge is 2.32. The van der Waals surface area contributed by atoms with Crippen molar-refractivity contribution in [3.05, 3.63) is 29.8 Å². The third kappa shape index (κ3) is 2.59. The predicted molar refractivity (Wildman–Crippen MR) is 71.2 cm³/mol. The number of para-hydroxylation sites is 1. The first kappa shape index (κ1) is 12.5. The first-order valence-electron chi connectivity index (χ1n) is 6.96. The number of hydrogen-bond donors (Lipinski definition) is 2. The molecule has 1 aliphatic heterocycles. The maximum atomic E-state index is 11.0. The van der Waals surface area contributed by atoms with Crippen LogP contribution in [0.3, 0.4) is 0 Å². The van der Waals surface area contributed by atoms with Gasteiger partial charge in [0.2, 0.25) is 0 Å². The number of carbonyl (C=O) groups is 1. The molecule has 1 saturated carbocycles. The van der Waals surface area contributed by atoms with Crippen LogP contribution in [0.4, 0.5) is 0 Å². The molecule has 1 aromatic carbocycles. The predicted octanol–water partition coefficient (Wildman–Crippen LogP) is 2.35. The van der Waals surface area contributed by atoms with E-state index in [1.807, 2.05) is 24.3 Å². The van der Waals surface area contributed by atoms with E-state index in [0.29, 0.717) is 19.1 Å². The number of aliphatic carboxylic acids is 1. The summed E-state index contributed by atoms with van der Waals surface area (Å²) in [7, 11) is 0. The summed E-state index contributed by atoms with van der Waals surface area (Å²) in [6, 6.07) is 8.08. The minimum Gasteiger partial charge on any atom is -0.490 e. The first-order valence-corrected chi connectivity index (χ1v) is 6.96. The first-order chi connectivity index (χ1) is 9.24. The fourth-order valence-electron chi connectivity index (χ4n) is 2.70. The quantitative estimate of drug-likeness (QED) is 0.873. The Kier molecular flexibility index (Phi) is 3.42. The minimum absolute atomic E-state index is 0.0948. The summed E-state index contributed by atoms with van der Waals surface area (Å²) in [6.07, 6.45) is 4.49. The van der Waals surface area contributed by atoms with Gasteiger partial charge in [-0.1, -0.05) is 18.2 Å². The number of carboxylic acid groups (broad SMARTS) is 1. The normalized spacial score (nSPS) is 26.9. The number of rotatable bonds is 4. The summed E-state index contributed by atoms with van der Waals surface area (Å²) in [6.45, 7) is 0.539. The average molecular weight is 261 g/mol. The number of benzene rings is 1. The molecule has 102 valence electrons. The molecule has 1 saturated heterocycles. The van der Waals surface area contributed by atoms with Crippen molar-refractivity contribution in [1.82, 2.24) is 5.32 Å². The van der Waals surface area contributed by atoms with Crippen LogP contribution >= 0.6 is 0 Å². The molecular weight excluding hydrogens is 242 g/mol. The van der Waals surface area contributed by atoms with Crippen LogP contribution in [0.1, 0.15) is 37.3 Å². The minimum atomic E-state index is -0.715. The molecule has 2 N–H and O–H groups in total. The molecular formula is C15H19NO3. The summed E-state index contributed by atoms with van der Waals surface area (Å²) in [4.78, 5) is 11.0. The average Bonchev–Trinajstić information content (AvgIpc) is 2.84. The molecule has 1 heterocycles. The van der Waals surface area contributed by atoms with Crippen molar-refractivity contribution in [2.45, 2.75) is 37.8 Å². The zero-order chi connectivity index (χ0) is 13.2. The molecule has 19 heavy (non-hydrogen) atoms. The van der Waals surface area contributed by atoms with Gasteiger partial charge in [0.1, 0.15) is 5.75 Å². The van der Waals surface area contributed by atoms with E-state index in [9.17, 15) is 4.79 Å². The van der Waals surface area contributed by atoms with Crippen LogP contribution in [0.5, 0.6) is 5.75 Å². The topological polar surface area (TPSA) is 58.6 Å². The van der Waals surface area contributed by atoms with E-state index >= 15 is 0 Å². The highest BCUT2D eigenvalue weighted by Crippen LogP contribution is 2.35. The summed E-state index contributed by atoms with van der Waals surface area (Å²) in [5, 5.41) is 12.4. The lowest BCUT2D eigenvalue weighted by Gasteiger charge is -2.28. The van der Waals surface area contributed by atoms with Gasteiger partial charge in [-0.05, 0) is 31.7 Å². The third-order valence-corrected chi connectivity index (χ3v) is 4.12. The number of nitrogens with one attached hydrogen (secondary N) is 1. The third-order valence-electron chi connectivity index (χ3n) is 4.12. The monoisotopic (exact) mass is 261 g/mol. The number of carboxylic acids is 1. The molecule has 0 radical (unpaired) electrons. The van der Waals surface area contributed by atoms with Gasteiger partial charge in [-0.3, -0.25) is 4.79 Å². The molecule has 3 rings (SSSR count). The van der Waals surface area contributed by atoms with Gasteiger partial charge in [-0.15, -0.1) is 0 Å². The molecule has 0 amide bonds. The Morgan fingerprint density at radius 3 is 2.74 bits per heavy atom. The Morgan fingerprint density at radius 1 is 1.32 bits per heavy atom. The van der Waals surface area contributed by atoms with Gasteiger partial charge in [-0.25, -0.2) is 0 Å². The second-order valence-corrected chi connectivity index (χ2v) is 5.44. The van der Waals surface area contributed by atoms with Crippen LogP contribution in [0.2, 0.25) is 0 Å². The van der Waals surface area contributed by atoms with Gasteiger partial charge in [0.25, 0.3) is 0 Å². The summed E-state index contributed by atoms with van der Waals surface area (Å²) in [5.74, 6) is -0.0927. The zero-order valence-electron chi connectivity index (χ0n) is 10.8. The highest BCUT2D eigenvalue weighted by atomic mass is 16.5. The Bertz CT molecular complexity index is 470. The van der Waals surface area contributed by atoms with E-state index in [1.54, 1.807) is 0 Å². The summed E-state index contributed by atoms with van der Waals surface area (Å²) < 4.78 is 6.00. The molecule has 2 fully saturated rings. The molecule has 4 nitrogen and oxygen atoms in total. The van der Waals surface area contributed by atoms with Gasteiger partial charge < -0.3 is 15.2 Å². The second kappa shape index (κ2) is 5.21. The Morgan fingerprint density at radius 2 is 2.11 bits per heavy atom. The lowest BCUT2D eigenvalue weighted by molar-refractivity contribution is -0.141. The van der Waals surface area contributed by atoms with Gasteiger partial charge in [-0.2, -0.15) is 0 Å². The number of hydrogen-bond acceptors (Lipinski definition) is 3. The SMILES string of the molecule is O=C(O)C1CNC(c2ccccc2OC2CCC2)C1. The van der Waals surface area contributed by atoms with Gasteiger partial charge in [0, 0.05) is 18.2 Å². The van der Waals surface area contributed by atoms with Crippen molar-refractivity contribution in [2.75, 3.05) is 6.54 Å². The van der Waals surface area contributed by atoms with Gasteiger partial charge in [0.15, 0.2) is 0 Å². The molecule has 0 bridgehead atoms. The van der Waals surface area contributed by atoms with Crippen LogP contribution in [0.25, 0.3) is 0 Å². The number of ether oxygens (including phenoxy) is 1. The Labute approximate surface area is 112 Å². The van der Waals surface area contributed by atoms with Crippen molar-refractivity contribution < 1.29 is 14.6 Å². The lowest BCUT2D eigenvalue weighted by Crippen LogP contribution is -2.25. The van der Waals surface area contributed by atoms with Crippen LogP contribution in [0, 0.1) is 5.92 Å². The van der Waals surface area contributed by atoms with E-state index in [0.717, 1.165) is 24.2 Å². The second-order valence-electron chi connectivity index (χ2n) is 5.44. The lowest BCUT2D eigenvalue weighted by atomic mass is 9.95. The molecule has 2 atom stereocenters. The standard InChI is InChI=1S/C15H19NO3/c17-15(18)10-8-13(16-9-10)12-6-1-2-7-14(12)19-11-4-3-5-11/h1-2,6-7,10-11,13,16H,3-5,8-9H2,(H,17,18). The van der Waals surface area contributed by atoms with Gasteiger partial charge >= 0.3 is 5.97 Å². The van der Waals surface area contributed by atoms with Crippen molar-refractivity contribution in [1.29, 1.82) is 0 Å². The van der Waals surface area contributed by atoms with Crippen LogP contribution in [-0.4, -0.2) is 23.7 Å². The van der Waals surface area contributed by atoms with E-state index in [-0.39, 0.29) is 12.0 Å². The maximum absolute atomic E-state index is 11.0. The molecule has 4 heteroatoms. The van der Waals surface area contributed by atoms with E-state index in [1.165, 1.54) is 6.42 Å². The Hall–Kier alpha value is -1.55. The molecule has 2 aliphatic rings. The highest BCUT2D eigenvalue weighted by molar-refractivity contribution is 5.71. The summed E-state index contributed by atoms with van der Waals surface area (Å²) >= 11 is 0. The van der Waals surface area contributed by atoms with Crippen LogP contribution in [0.15, 0.2) is 24.3 Å². The van der Waals surface area contributed by atoms with Crippen LogP contribution < -0.4 is 10.1 Å². The summed E-state index contributed by atoms with van der Waals surface area (Å²) in [5.41, 5.74) is 1.10. The fraction of sp³-hybridized carbons (Fsp3) is 0.533. The van der Waals surface area contributed by atoms with Crippen molar-refractivity contribution in [2.24, 2.45) is 5.92 Å². The molecule has 1 aliphatic carbocycles. The maximum Gasteiger partial charge on any atom is 0.307 e. The largest absolute Gasteiger partial charge is 0.490 e. The van der Waals surface area contributed by atoms with Crippen molar-refractivity contribution >= 4 is 5.97 Å². The smallest absolute Gasteiger partial charge is 0.307 e. The zero-order valence-corrected chi connectivity index (χ0v) is 10.8. The van der Waals surface area contributed by atoms with Crippen molar-refractivity contribution in [3.63, 3.8) is 0 Å². The fourth-order valence-corrected chi connectivity index (χ4v) is 2.70. The molecule has 0 spiro atoms. The molecule has 1 aromatic rings. The van der Waals surface area contributed by atoms with E-state index in [4.69, 9.17) is 9.84 Å². The van der Waals surface area contributed by atoms with Crippen molar-refractivity contribution in [3.8, 4) is 5.75 Å².